The van der Waals surface area contributed by atoms with Gasteiger partial charge in [0.15, 0.2) is 0 Å². The van der Waals surface area contributed by atoms with Crippen molar-refractivity contribution in [2.45, 2.75) is 43.0 Å². The van der Waals surface area contributed by atoms with E-state index in [1.807, 2.05) is 0 Å². The van der Waals surface area contributed by atoms with Crippen LogP contribution in [0.4, 0.5) is 13.2 Å². The summed E-state index contributed by atoms with van der Waals surface area (Å²) in [5.74, 6) is -10.1. The van der Waals surface area contributed by atoms with E-state index in [1.54, 1.807) is 0 Å². The zero-order valence-corrected chi connectivity index (χ0v) is 12.3. The minimum absolute atomic E-state index is 0.337. The first kappa shape index (κ1) is 18.7. The molecule has 0 radical (unpaired) electrons. The lowest BCUT2D eigenvalue weighted by Crippen LogP contribution is -2.59. The van der Waals surface area contributed by atoms with E-state index in [-0.39, 0.29) is 0 Å². The zero-order chi connectivity index (χ0) is 19.2. The Balaban J connectivity index is 2.67. The molecule has 25 heavy (non-hydrogen) atoms. The second-order valence-corrected chi connectivity index (χ2v) is 5.63. The second-order valence-electron chi connectivity index (χ2n) is 5.63. The lowest BCUT2D eigenvalue weighted by Gasteiger charge is -2.38. The number of alkyl halides is 3. The highest BCUT2D eigenvalue weighted by Gasteiger charge is 2.49. The van der Waals surface area contributed by atoms with Gasteiger partial charge in [0.25, 0.3) is 0 Å². The predicted octanol–water partition coefficient (Wildman–Crippen LogP) is -3.31. The Kier molecular flexibility index (Phi) is 4.51. The van der Waals surface area contributed by atoms with Gasteiger partial charge in [-0.25, -0.2) is 0 Å². The van der Waals surface area contributed by atoms with E-state index in [0.717, 1.165) is 0 Å². The van der Waals surface area contributed by atoms with Crippen molar-refractivity contribution in [2.24, 2.45) is 0 Å². The van der Waals surface area contributed by atoms with E-state index in [1.165, 1.54) is 0 Å². The summed E-state index contributed by atoms with van der Waals surface area (Å²) in [4.78, 5) is 33.1. The Hall–Kier alpha value is -2.63. The van der Waals surface area contributed by atoms with Crippen LogP contribution in [0.2, 0.25) is 0 Å². The van der Waals surface area contributed by atoms with Crippen LogP contribution in [0.25, 0.3) is 0 Å². The molecule has 2 unspecified atom stereocenters. The van der Waals surface area contributed by atoms with E-state index in [0.29, 0.717) is 23.7 Å². The number of nitrogens with zero attached hydrogens (tertiary/aromatic N) is 2. The summed E-state index contributed by atoms with van der Waals surface area (Å²) < 4.78 is 40.5. The average Bonchev–Trinajstić information content (AvgIpc) is 3.17. The molecule has 1 aromatic heterocycles. The van der Waals surface area contributed by atoms with Crippen molar-refractivity contribution in [3.05, 3.63) is 17.5 Å². The Morgan fingerprint density at radius 1 is 1.28 bits per heavy atom. The van der Waals surface area contributed by atoms with Gasteiger partial charge in [-0.3, -0.25) is 4.68 Å². The molecule has 0 aromatic carbocycles. The van der Waals surface area contributed by atoms with Crippen LogP contribution in [-0.2, 0) is 20.6 Å². The van der Waals surface area contributed by atoms with Crippen molar-refractivity contribution in [3.8, 4) is 0 Å². The van der Waals surface area contributed by atoms with Crippen molar-refractivity contribution in [1.82, 2.24) is 9.78 Å². The molecule has 1 fully saturated rings. The maximum atomic E-state index is 13.4. The molecule has 2 atom stereocenters. The maximum Gasteiger partial charge on any atom is 0.433 e. The molecule has 1 aromatic rings. The van der Waals surface area contributed by atoms with Gasteiger partial charge in [-0.2, -0.15) is 18.3 Å². The number of carboxylic acid groups (broad SMARTS) is 3. The number of carbonyl (C=O) groups is 3. The number of carbonyl (C=O) groups excluding carboxylic acids is 3. The van der Waals surface area contributed by atoms with Gasteiger partial charge in [-0.05, 0) is 12.8 Å². The van der Waals surface area contributed by atoms with Crippen LogP contribution in [0.1, 0.15) is 42.5 Å². The number of carboxylic acids is 3. The first-order valence-electron chi connectivity index (χ1n) is 6.88. The molecule has 0 amide bonds. The summed E-state index contributed by atoms with van der Waals surface area (Å²) in [5, 5.41) is 46.5. The minimum Gasteiger partial charge on any atom is -0.550 e. The summed E-state index contributed by atoms with van der Waals surface area (Å²) in [6.45, 7) is 0. The van der Waals surface area contributed by atoms with Gasteiger partial charge in [0.1, 0.15) is 11.3 Å². The SMILES string of the molecule is O=C([O-])CC(O)(C(=O)[O-])C(C(=O)[O-])c1cnn(C2CC2)c1C(F)(F)F. The van der Waals surface area contributed by atoms with Crippen LogP contribution in [0.3, 0.4) is 0 Å². The van der Waals surface area contributed by atoms with Crippen LogP contribution in [-0.4, -0.2) is 38.4 Å². The fourth-order valence-corrected chi connectivity index (χ4v) is 2.57. The second kappa shape index (κ2) is 6.02. The Morgan fingerprint density at radius 3 is 2.20 bits per heavy atom. The highest BCUT2D eigenvalue weighted by atomic mass is 19.4. The van der Waals surface area contributed by atoms with Crippen LogP contribution in [0.15, 0.2) is 6.20 Å². The molecule has 1 aliphatic carbocycles. The number of aromatic nitrogens is 2. The first-order valence-corrected chi connectivity index (χ1v) is 6.88. The van der Waals surface area contributed by atoms with E-state index in [9.17, 15) is 48.0 Å². The molecular weight excluding hydrogens is 353 g/mol. The molecule has 1 saturated carbocycles. The van der Waals surface area contributed by atoms with Crippen LogP contribution in [0, 0.1) is 0 Å². The summed E-state index contributed by atoms with van der Waals surface area (Å²) in [7, 11) is 0. The largest absolute Gasteiger partial charge is 0.550 e. The van der Waals surface area contributed by atoms with Gasteiger partial charge in [-0.1, -0.05) is 0 Å². The molecule has 1 heterocycles. The van der Waals surface area contributed by atoms with E-state index >= 15 is 0 Å². The monoisotopic (exact) mass is 363 g/mol. The fourth-order valence-electron chi connectivity index (χ4n) is 2.57. The molecule has 0 saturated heterocycles. The highest BCUT2D eigenvalue weighted by molar-refractivity contribution is 5.91. The third kappa shape index (κ3) is 3.43. The lowest BCUT2D eigenvalue weighted by molar-refractivity contribution is -0.342. The molecule has 9 nitrogen and oxygen atoms in total. The van der Waals surface area contributed by atoms with Crippen molar-refractivity contribution in [2.75, 3.05) is 0 Å². The highest BCUT2D eigenvalue weighted by Crippen LogP contribution is 2.44. The lowest BCUT2D eigenvalue weighted by atomic mass is 9.79. The van der Waals surface area contributed by atoms with Crippen molar-refractivity contribution < 1.29 is 48.0 Å². The van der Waals surface area contributed by atoms with Crippen LogP contribution < -0.4 is 15.3 Å². The van der Waals surface area contributed by atoms with E-state index in [4.69, 9.17) is 0 Å². The van der Waals surface area contributed by atoms with Gasteiger partial charge < -0.3 is 34.8 Å². The molecule has 0 spiro atoms. The fraction of sp³-hybridized carbons (Fsp3) is 0.538. The Bertz CT molecular complexity index is 726. The van der Waals surface area contributed by atoms with Gasteiger partial charge in [0.2, 0.25) is 0 Å². The van der Waals surface area contributed by atoms with Crippen molar-refractivity contribution >= 4 is 17.9 Å². The van der Waals surface area contributed by atoms with Crippen molar-refractivity contribution in [3.63, 3.8) is 0 Å². The molecule has 0 aliphatic heterocycles. The number of aliphatic carboxylic acids is 3. The first-order chi connectivity index (χ1) is 11.4. The van der Waals surface area contributed by atoms with Crippen LogP contribution >= 0.6 is 0 Å². The maximum absolute atomic E-state index is 13.4. The summed E-state index contributed by atoms with van der Waals surface area (Å²) in [5.41, 5.74) is -6.55. The number of hydrogen-bond acceptors (Lipinski definition) is 8. The van der Waals surface area contributed by atoms with Gasteiger partial charge in [0, 0.05) is 18.0 Å². The number of hydrogen-bond donors (Lipinski definition) is 1. The van der Waals surface area contributed by atoms with Gasteiger partial charge >= 0.3 is 6.18 Å². The molecule has 12 heteroatoms. The minimum atomic E-state index is -5.14. The number of halogens is 3. The summed E-state index contributed by atoms with van der Waals surface area (Å²) in [6.07, 6.45) is -5.87. The molecule has 0 bridgehead atoms. The molecule has 138 valence electrons. The molecule has 1 aliphatic rings. The van der Waals surface area contributed by atoms with Gasteiger partial charge in [0.05, 0.1) is 30.1 Å². The molecule has 2 rings (SSSR count). The Labute approximate surface area is 137 Å². The van der Waals surface area contributed by atoms with E-state index in [2.05, 4.69) is 5.10 Å². The molecule has 1 N–H and O–H groups in total. The topological polar surface area (TPSA) is 158 Å². The summed E-state index contributed by atoms with van der Waals surface area (Å²) in [6, 6.07) is -0.662. The van der Waals surface area contributed by atoms with E-state index < -0.39 is 59.3 Å². The third-order valence-electron chi connectivity index (χ3n) is 3.78. The summed E-state index contributed by atoms with van der Waals surface area (Å²) >= 11 is 0. The standard InChI is InChI=1S/C13H13F3N2O7/c14-13(15,16)9-6(4-17-18(9)5-1-2-5)8(10(21)22)12(25,11(23)24)3-7(19)20/h4-5,8,25H,1-3H2,(H,19,20)(H,21,22)(H,23,24)/p-3. The van der Waals surface area contributed by atoms with Crippen LogP contribution in [0.5, 0.6) is 0 Å². The number of aliphatic hydroxyl groups is 1. The zero-order valence-electron chi connectivity index (χ0n) is 12.3. The van der Waals surface area contributed by atoms with Gasteiger partial charge in [-0.15, -0.1) is 0 Å². The van der Waals surface area contributed by atoms with Crippen molar-refractivity contribution in [1.29, 1.82) is 0 Å². The third-order valence-corrected chi connectivity index (χ3v) is 3.78. The quantitative estimate of drug-likeness (QED) is 0.527. The predicted molar refractivity (Wildman–Crippen MR) is 62.8 cm³/mol. The molecular formula is C13H10F3N2O7-3. The smallest absolute Gasteiger partial charge is 0.433 e. The Morgan fingerprint density at radius 2 is 1.84 bits per heavy atom. The normalized spacial score (nSPS) is 18.4. The number of rotatable bonds is 7. The average molecular weight is 363 g/mol.